The SMILES string of the molecule is C[C@H](Sc1nnc2c(Cl)cc(Cl)cn12)C(=O)Nc1ccccc1. The predicted octanol–water partition coefficient (Wildman–Crippen LogP) is 4.16. The zero-order valence-corrected chi connectivity index (χ0v) is 14.4. The Labute approximate surface area is 147 Å². The highest BCUT2D eigenvalue weighted by atomic mass is 35.5. The van der Waals surface area contributed by atoms with Crippen LogP contribution in [0.2, 0.25) is 10.0 Å². The zero-order valence-electron chi connectivity index (χ0n) is 12.0. The van der Waals surface area contributed by atoms with Gasteiger partial charge in [-0.1, -0.05) is 53.2 Å². The van der Waals surface area contributed by atoms with Gasteiger partial charge >= 0.3 is 0 Å². The zero-order chi connectivity index (χ0) is 16.4. The van der Waals surface area contributed by atoms with Gasteiger partial charge in [0.15, 0.2) is 10.8 Å². The van der Waals surface area contributed by atoms with Gasteiger partial charge in [-0.05, 0) is 25.1 Å². The molecular weight excluding hydrogens is 355 g/mol. The first-order chi connectivity index (χ1) is 11.0. The molecule has 5 nitrogen and oxygen atoms in total. The van der Waals surface area contributed by atoms with E-state index in [1.165, 1.54) is 11.8 Å². The van der Waals surface area contributed by atoms with E-state index in [9.17, 15) is 4.79 Å². The van der Waals surface area contributed by atoms with Crippen molar-refractivity contribution in [1.82, 2.24) is 14.6 Å². The Morgan fingerprint density at radius 3 is 2.74 bits per heavy atom. The van der Waals surface area contributed by atoms with Crippen LogP contribution in [-0.2, 0) is 4.79 Å². The molecule has 0 saturated heterocycles. The maximum absolute atomic E-state index is 12.3. The lowest BCUT2D eigenvalue weighted by molar-refractivity contribution is -0.115. The summed E-state index contributed by atoms with van der Waals surface area (Å²) in [5, 5.41) is 12.0. The van der Waals surface area contributed by atoms with Crippen molar-refractivity contribution in [3.8, 4) is 0 Å². The third-order valence-electron chi connectivity index (χ3n) is 3.09. The summed E-state index contributed by atoms with van der Waals surface area (Å²) >= 11 is 13.4. The van der Waals surface area contributed by atoms with Crippen molar-refractivity contribution in [2.24, 2.45) is 0 Å². The van der Waals surface area contributed by atoms with Crippen LogP contribution in [0.5, 0.6) is 0 Å². The first-order valence-corrected chi connectivity index (χ1v) is 8.40. The topological polar surface area (TPSA) is 59.3 Å². The summed E-state index contributed by atoms with van der Waals surface area (Å²) < 4.78 is 1.68. The van der Waals surface area contributed by atoms with E-state index in [-0.39, 0.29) is 11.2 Å². The average Bonchev–Trinajstić information content (AvgIpc) is 2.91. The quantitative estimate of drug-likeness (QED) is 0.704. The first kappa shape index (κ1) is 16.1. The monoisotopic (exact) mass is 366 g/mol. The van der Waals surface area contributed by atoms with Crippen molar-refractivity contribution in [1.29, 1.82) is 0 Å². The molecule has 1 N–H and O–H groups in total. The molecular formula is C15H12Cl2N4OS. The predicted molar refractivity (Wildman–Crippen MR) is 93.4 cm³/mol. The molecule has 118 valence electrons. The molecule has 2 aromatic heterocycles. The minimum absolute atomic E-state index is 0.119. The van der Waals surface area contributed by atoms with E-state index in [0.717, 1.165) is 5.69 Å². The number of nitrogens with zero attached hydrogens (tertiary/aromatic N) is 3. The number of nitrogens with one attached hydrogen (secondary N) is 1. The summed E-state index contributed by atoms with van der Waals surface area (Å²) in [4.78, 5) is 12.3. The van der Waals surface area contributed by atoms with E-state index in [2.05, 4.69) is 15.5 Å². The molecule has 0 aliphatic heterocycles. The van der Waals surface area contributed by atoms with Gasteiger partial charge in [-0.3, -0.25) is 9.20 Å². The second-order valence-corrected chi connectivity index (χ2v) is 6.95. The van der Waals surface area contributed by atoms with E-state index in [0.29, 0.717) is 20.8 Å². The van der Waals surface area contributed by atoms with Gasteiger partial charge in [-0.25, -0.2) is 0 Å². The van der Waals surface area contributed by atoms with Gasteiger partial charge in [0.1, 0.15) is 0 Å². The summed E-state index contributed by atoms with van der Waals surface area (Å²) in [5.74, 6) is -0.119. The number of amides is 1. The minimum atomic E-state index is -0.361. The van der Waals surface area contributed by atoms with E-state index >= 15 is 0 Å². The maximum atomic E-state index is 12.3. The van der Waals surface area contributed by atoms with Gasteiger partial charge < -0.3 is 5.32 Å². The second kappa shape index (κ2) is 6.78. The first-order valence-electron chi connectivity index (χ1n) is 6.77. The fraction of sp³-hybridized carbons (Fsp3) is 0.133. The molecule has 1 aromatic carbocycles. The molecule has 23 heavy (non-hydrogen) atoms. The number of benzene rings is 1. The number of hydrogen-bond donors (Lipinski definition) is 1. The highest BCUT2D eigenvalue weighted by molar-refractivity contribution is 8.00. The standard InChI is InChI=1S/C15H12Cl2N4OS/c1-9(14(22)18-11-5-3-2-4-6-11)23-15-20-19-13-12(17)7-10(16)8-21(13)15/h2-9H,1H3,(H,18,22)/t9-/m0/s1. The average molecular weight is 367 g/mol. The molecule has 0 radical (unpaired) electrons. The highest BCUT2D eigenvalue weighted by Crippen LogP contribution is 2.27. The molecule has 8 heteroatoms. The second-order valence-electron chi connectivity index (χ2n) is 4.80. The number of aromatic nitrogens is 3. The number of hydrogen-bond acceptors (Lipinski definition) is 4. The fourth-order valence-electron chi connectivity index (χ4n) is 1.96. The Hall–Kier alpha value is -1.76. The van der Waals surface area contributed by atoms with Crippen LogP contribution in [0.1, 0.15) is 6.92 Å². The summed E-state index contributed by atoms with van der Waals surface area (Å²) in [6, 6.07) is 10.9. The minimum Gasteiger partial charge on any atom is -0.325 e. The largest absolute Gasteiger partial charge is 0.325 e. The number of fused-ring (bicyclic) bond motifs is 1. The van der Waals surface area contributed by atoms with Crippen LogP contribution in [0.15, 0.2) is 47.8 Å². The van der Waals surface area contributed by atoms with Crippen molar-refractivity contribution in [2.75, 3.05) is 5.32 Å². The van der Waals surface area contributed by atoms with E-state index in [1.54, 1.807) is 23.6 Å². The number of anilines is 1. The lowest BCUT2D eigenvalue weighted by atomic mass is 10.3. The van der Waals surface area contributed by atoms with E-state index in [4.69, 9.17) is 23.2 Å². The van der Waals surface area contributed by atoms with Crippen LogP contribution in [0.25, 0.3) is 5.65 Å². The van der Waals surface area contributed by atoms with Gasteiger partial charge in [-0.2, -0.15) is 0 Å². The molecule has 0 aliphatic rings. The molecule has 0 unspecified atom stereocenters. The number of halogens is 2. The van der Waals surface area contributed by atoms with Crippen molar-refractivity contribution < 1.29 is 4.79 Å². The molecule has 0 saturated carbocycles. The Morgan fingerprint density at radius 1 is 1.26 bits per heavy atom. The van der Waals surface area contributed by atoms with Crippen molar-refractivity contribution >= 4 is 52.2 Å². The number of carbonyl (C=O) groups excluding carboxylic acids is 1. The number of carbonyl (C=O) groups is 1. The number of para-hydroxylation sites is 1. The van der Waals surface area contributed by atoms with Crippen LogP contribution in [-0.4, -0.2) is 25.8 Å². The lowest BCUT2D eigenvalue weighted by Gasteiger charge is -2.11. The third kappa shape index (κ3) is 3.60. The Kier molecular flexibility index (Phi) is 4.75. The normalized spacial score (nSPS) is 12.3. The maximum Gasteiger partial charge on any atom is 0.237 e. The van der Waals surface area contributed by atoms with Crippen LogP contribution >= 0.6 is 35.0 Å². The fourth-order valence-corrected chi connectivity index (χ4v) is 3.29. The molecule has 0 bridgehead atoms. The molecule has 0 fully saturated rings. The van der Waals surface area contributed by atoms with E-state index < -0.39 is 0 Å². The van der Waals surface area contributed by atoms with Crippen LogP contribution in [0, 0.1) is 0 Å². The molecule has 3 rings (SSSR count). The number of pyridine rings is 1. The number of thioether (sulfide) groups is 1. The third-order valence-corrected chi connectivity index (χ3v) is 4.63. The number of rotatable bonds is 4. The molecule has 0 spiro atoms. The smallest absolute Gasteiger partial charge is 0.237 e. The van der Waals surface area contributed by atoms with Crippen LogP contribution in [0.4, 0.5) is 5.69 Å². The lowest BCUT2D eigenvalue weighted by Crippen LogP contribution is -2.22. The molecule has 1 amide bonds. The Balaban J connectivity index is 1.77. The molecule has 3 aromatic rings. The van der Waals surface area contributed by atoms with E-state index in [1.807, 2.05) is 30.3 Å². The Morgan fingerprint density at radius 2 is 2.00 bits per heavy atom. The van der Waals surface area contributed by atoms with Gasteiger partial charge in [0, 0.05) is 11.9 Å². The van der Waals surface area contributed by atoms with Gasteiger partial charge in [-0.15, -0.1) is 10.2 Å². The van der Waals surface area contributed by atoms with Crippen molar-refractivity contribution in [3.05, 3.63) is 52.6 Å². The van der Waals surface area contributed by atoms with Crippen LogP contribution in [0.3, 0.4) is 0 Å². The molecule has 0 aliphatic carbocycles. The van der Waals surface area contributed by atoms with Crippen LogP contribution < -0.4 is 5.32 Å². The highest BCUT2D eigenvalue weighted by Gasteiger charge is 2.19. The Bertz CT molecular complexity index is 853. The molecule has 2 heterocycles. The van der Waals surface area contributed by atoms with Crippen molar-refractivity contribution in [2.45, 2.75) is 17.3 Å². The van der Waals surface area contributed by atoms with Crippen molar-refractivity contribution in [3.63, 3.8) is 0 Å². The van der Waals surface area contributed by atoms with Gasteiger partial charge in [0.05, 0.1) is 15.3 Å². The summed E-state index contributed by atoms with van der Waals surface area (Å²) in [7, 11) is 0. The summed E-state index contributed by atoms with van der Waals surface area (Å²) in [6.45, 7) is 1.80. The van der Waals surface area contributed by atoms with Gasteiger partial charge in [0.2, 0.25) is 5.91 Å². The summed E-state index contributed by atoms with van der Waals surface area (Å²) in [6.07, 6.45) is 1.67. The molecule has 1 atom stereocenters. The van der Waals surface area contributed by atoms with Gasteiger partial charge in [0.25, 0.3) is 0 Å². The summed E-state index contributed by atoms with van der Waals surface area (Å²) in [5.41, 5.74) is 1.26.